The van der Waals surface area contributed by atoms with E-state index in [1.165, 1.54) is 33.4 Å². The largest absolute Gasteiger partial charge is 0.262 e. The van der Waals surface area contributed by atoms with E-state index in [1.807, 2.05) is 0 Å². The van der Waals surface area contributed by atoms with E-state index in [0.29, 0.717) is 0 Å². The van der Waals surface area contributed by atoms with Crippen LogP contribution in [0.4, 0.5) is 0 Å². The Balaban J connectivity index is 1.21. The number of hydrogen-bond acceptors (Lipinski definition) is 6. The van der Waals surface area contributed by atoms with Gasteiger partial charge in [0.2, 0.25) is 0 Å². The van der Waals surface area contributed by atoms with Crippen LogP contribution in [0, 0.1) is 0 Å². The summed E-state index contributed by atoms with van der Waals surface area (Å²) in [6.07, 6.45) is 0.971. The van der Waals surface area contributed by atoms with Crippen molar-refractivity contribution < 1.29 is 0 Å². The number of benzene rings is 6. The molecule has 6 aromatic rings. The maximum atomic E-state index is 2.90. The summed E-state index contributed by atoms with van der Waals surface area (Å²) in [5.74, 6) is 0. The van der Waals surface area contributed by atoms with Crippen LogP contribution in [0.3, 0.4) is 0 Å². The van der Waals surface area contributed by atoms with E-state index in [1.54, 1.807) is 0 Å². The summed E-state index contributed by atoms with van der Waals surface area (Å²) in [6.45, 7) is 5.31. The number of rotatable bonds is 12. The predicted octanol–water partition coefficient (Wildman–Crippen LogP) is 8.01. The summed E-state index contributed by atoms with van der Waals surface area (Å²) in [5, 5.41) is 0. The Morgan fingerprint density at radius 3 is 0.463 bits per heavy atom. The molecule has 54 heavy (non-hydrogen) atoms. The van der Waals surface area contributed by atoms with Gasteiger partial charge < -0.3 is 0 Å². The molecule has 0 unspecified atom stereocenters. The van der Waals surface area contributed by atoms with Crippen molar-refractivity contribution in [2.75, 3.05) is 0 Å². The van der Waals surface area contributed by atoms with Crippen molar-refractivity contribution in [2.24, 2.45) is 0 Å². The SMILES string of the molecule is c1ccc(CN2C3C4N(Cc5ccccc5)[C@H]5[C@@H](N4Cc4ccccc4)N(Cc4ccccc4)[C@@H]2[C@@H](N3Cc2ccccc2)N5Cc2ccccc2)cc1. The Hall–Kier alpha value is -4.92. The van der Waals surface area contributed by atoms with Gasteiger partial charge in [-0.3, -0.25) is 29.4 Å². The monoisotopic (exact) mass is 708 g/mol. The van der Waals surface area contributed by atoms with Crippen LogP contribution in [-0.4, -0.2) is 66.4 Å². The molecule has 0 spiro atoms. The first-order chi connectivity index (χ1) is 26.8. The summed E-state index contributed by atoms with van der Waals surface area (Å²) < 4.78 is 0. The molecule has 0 radical (unpaired) electrons. The van der Waals surface area contributed by atoms with E-state index in [9.17, 15) is 0 Å². The van der Waals surface area contributed by atoms with E-state index in [-0.39, 0.29) is 37.0 Å². The third kappa shape index (κ3) is 6.19. The summed E-state index contributed by atoms with van der Waals surface area (Å²) in [4.78, 5) is 17.4. The maximum absolute atomic E-state index is 2.90. The number of nitrogens with zero attached hydrogens (tertiary/aromatic N) is 6. The van der Waals surface area contributed by atoms with Crippen molar-refractivity contribution in [3.05, 3.63) is 215 Å². The maximum Gasteiger partial charge on any atom is 0.0955 e. The molecule has 5 aliphatic heterocycles. The topological polar surface area (TPSA) is 19.4 Å². The van der Waals surface area contributed by atoms with Gasteiger partial charge >= 0.3 is 0 Å². The molecular weight excluding hydrogens is 661 g/mol. The quantitative estimate of drug-likeness (QED) is 0.128. The molecule has 0 atom stereocenters. The molecule has 6 aromatic carbocycles. The first-order valence-corrected chi connectivity index (χ1v) is 19.6. The Morgan fingerprint density at radius 2 is 0.333 bits per heavy atom. The van der Waals surface area contributed by atoms with Gasteiger partial charge in [0, 0.05) is 39.3 Å². The van der Waals surface area contributed by atoms with Gasteiger partial charge in [0.1, 0.15) is 0 Å². The third-order valence-electron chi connectivity index (χ3n) is 12.1. The standard InChI is InChI=1S/C48H48N6/c1-7-19-37(20-8-1)31-49-43-44-50(32-38-21-9-2-10-22-38)47(49)48-51(33-39-23-11-3-12-24-39)45(53(43)35-41-27-15-5-16-28-41)46(52(48)34-40-25-13-4-14-26-40)54(44)36-42-29-17-6-18-30-42/h1-30,43-48H,31-36H2/t43-,44+,45+,46-,47?,48?. The molecule has 5 saturated heterocycles. The lowest BCUT2D eigenvalue weighted by Gasteiger charge is -2.56. The fourth-order valence-electron chi connectivity index (χ4n) is 10.0. The Morgan fingerprint density at radius 1 is 0.204 bits per heavy atom. The first kappa shape index (κ1) is 33.6. The van der Waals surface area contributed by atoms with E-state index in [2.05, 4.69) is 211 Å². The van der Waals surface area contributed by atoms with Gasteiger partial charge in [-0.25, -0.2) is 0 Å². The first-order valence-electron chi connectivity index (χ1n) is 19.6. The van der Waals surface area contributed by atoms with E-state index < -0.39 is 0 Å². The van der Waals surface area contributed by atoms with Crippen molar-refractivity contribution in [3.8, 4) is 0 Å². The molecule has 0 aromatic heterocycles. The minimum Gasteiger partial charge on any atom is -0.262 e. The van der Waals surface area contributed by atoms with Crippen molar-refractivity contribution in [2.45, 2.75) is 76.3 Å². The zero-order valence-electron chi connectivity index (χ0n) is 30.7. The lowest BCUT2D eigenvalue weighted by molar-refractivity contribution is -0.166. The molecule has 5 heterocycles. The van der Waals surface area contributed by atoms with Crippen LogP contribution in [0.25, 0.3) is 0 Å². The highest BCUT2D eigenvalue weighted by molar-refractivity contribution is 5.28. The van der Waals surface area contributed by atoms with Gasteiger partial charge in [-0.1, -0.05) is 182 Å². The minimum absolute atomic E-state index is 0.141. The fraction of sp³-hybridized carbons (Fsp3) is 0.250. The average Bonchev–Trinajstić information content (AvgIpc) is 3.64. The lowest BCUT2D eigenvalue weighted by Crippen LogP contribution is -2.73. The Bertz CT molecular complexity index is 1840. The van der Waals surface area contributed by atoms with Crippen molar-refractivity contribution in [1.29, 1.82) is 0 Å². The lowest BCUT2D eigenvalue weighted by atomic mass is 10.0. The van der Waals surface area contributed by atoms with E-state index in [0.717, 1.165) is 39.3 Å². The summed E-state index contributed by atoms with van der Waals surface area (Å²) >= 11 is 0. The van der Waals surface area contributed by atoms with Crippen molar-refractivity contribution in [3.63, 3.8) is 0 Å². The molecule has 5 aliphatic rings. The van der Waals surface area contributed by atoms with Crippen LogP contribution in [0.15, 0.2) is 182 Å². The van der Waals surface area contributed by atoms with E-state index in [4.69, 9.17) is 0 Å². The molecular formula is C48H48N6. The van der Waals surface area contributed by atoms with Gasteiger partial charge in [0.15, 0.2) is 0 Å². The smallest absolute Gasteiger partial charge is 0.0955 e. The van der Waals surface area contributed by atoms with Crippen molar-refractivity contribution >= 4 is 0 Å². The highest BCUT2D eigenvalue weighted by Gasteiger charge is 2.71. The van der Waals surface area contributed by atoms with E-state index >= 15 is 0 Å². The van der Waals surface area contributed by atoms with Crippen LogP contribution in [0.5, 0.6) is 0 Å². The zero-order chi connectivity index (χ0) is 35.8. The predicted molar refractivity (Wildman–Crippen MR) is 215 cm³/mol. The normalized spacial score (nSPS) is 25.8. The number of piperazine rings is 1. The molecule has 0 aliphatic carbocycles. The minimum atomic E-state index is 0.141. The van der Waals surface area contributed by atoms with Crippen LogP contribution >= 0.6 is 0 Å². The third-order valence-corrected chi connectivity index (χ3v) is 12.1. The Labute approximate surface area is 320 Å². The summed E-state index contributed by atoms with van der Waals surface area (Å²) in [7, 11) is 0. The molecule has 6 nitrogen and oxygen atoms in total. The zero-order valence-corrected chi connectivity index (χ0v) is 30.7. The molecule has 0 N–H and O–H groups in total. The molecule has 6 heteroatoms. The van der Waals surface area contributed by atoms with Gasteiger partial charge in [0.05, 0.1) is 37.0 Å². The van der Waals surface area contributed by atoms with Crippen molar-refractivity contribution in [1.82, 2.24) is 29.4 Å². The Kier molecular flexibility index (Phi) is 9.17. The van der Waals surface area contributed by atoms with Gasteiger partial charge in [-0.15, -0.1) is 0 Å². The second-order valence-electron chi connectivity index (χ2n) is 15.4. The second kappa shape index (κ2) is 14.7. The molecule has 6 bridgehead atoms. The van der Waals surface area contributed by atoms with Crippen LogP contribution in [0.1, 0.15) is 33.4 Å². The molecule has 0 amide bonds. The highest BCUT2D eigenvalue weighted by atomic mass is 15.8. The molecule has 0 saturated carbocycles. The molecule has 270 valence electrons. The van der Waals surface area contributed by atoms with Gasteiger partial charge in [0.25, 0.3) is 0 Å². The molecule has 11 rings (SSSR count). The highest BCUT2D eigenvalue weighted by Crippen LogP contribution is 2.54. The summed E-state index contributed by atoms with van der Waals surface area (Å²) in [6, 6.07) is 67.2. The fourth-order valence-corrected chi connectivity index (χ4v) is 10.0. The molecule has 5 fully saturated rings. The number of hydrogen-bond donors (Lipinski definition) is 0. The summed E-state index contributed by atoms with van der Waals surface area (Å²) in [5.41, 5.74) is 8.18. The van der Waals surface area contributed by atoms with Gasteiger partial charge in [-0.05, 0) is 33.4 Å². The van der Waals surface area contributed by atoms with Gasteiger partial charge in [-0.2, -0.15) is 0 Å². The van der Waals surface area contributed by atoms with Crippen LogP contribution in [-0.2, 0) is 39.3 Å². The van der Waals surface area contributed by atoms with Crippen LogP contribution < -0.4 is 0 Å². The van der Waals surface area contributed by atoms with Crippen LogP contribution in [0.2, 0.25) is 0 Å². The average molecular weight is 709 g/mol. The second-order valence-corrected chi connectivity index (χ2v) is 15.4.